The first-order valence-electron chi connectivity index (χ1n) is 10.7. The molecule has 1 aromatic carbocycles. The molecule has 0 bridgehead atoms. The van der Waals surface area contributed by atoms with Gasteiger partial charge in [-0.15, -0.1) is 0 Å². The summed E-state index contributed by atoms with van der Waals surface area (Å²) in [6, 6.07) is 14.5. The Morgan fingerprint density at radius 1 is 1.19 bits per heavy atom. The molecule has 7 nitrogen and oxygen atoms in total. The minimum atomic E-state index is -0.487. The molecule has 4 rings (SSSR count). The number of nitrogens with one attached hydrogen (secondary N) is 1. The van der Waals surface area contributed by atoms with Crippen LogP contribution in [0.4, 0.5) is 0 Å². The number of aromatic nitrogens is 2. The Bertz CT molecular complexity index is 1280. The Morgan fingerprint density at radius 2 is 1.94 bits per heavy atom. The highest BCUT2D eigenvalue weighted by Gasteiger charge is 2.21. The van der Waals surface area contributed by atoms with E-state index in [4.69, 9.17) is 4.74 Å². The van der Waals surface area contributed by atoms with Crippen molar-refractivity contribution in [3.05, 3.63) is 75.7 Å². The van der Waals surface area contributed by atoms with Crippen molar-refractivity contribution in [3.8, 4) is 17.7 Å². The predicted octanol–water partition coefficient (Wildman–Crippen LogP) is 4.15. The number of nitriles is 1. The van der Waals surface area contributed by atoms with Crippen molar-refractivity contribution in [3.63, 3.8) is 0 Å². The number of aryl methyl sites for hydroxylation is 1. The normalized spacial score (nSPS) is 14.7. The van der Waals surface area contributed by atoms with Gasteiger partial charge in [0.1, 0.15) is 28.6 Å². The van der Waals surface area contributed by atoms with Crippen molar-refractivity contribution in [1.82, 2.24) is 14.7 Å². The van der Waals surface area contributed by atoms with Crippen LogP contribution in [0.1, 0.15) is 43.2 Å². The summed E-state index contributed by atoms with van der Waals surface area (Å²) in [5.41, 5.74) is 0.751. The number of fused-ring (bicyclic) bond motifs is 1. The molecule has 7 heteroatoms. The van der Waals surface area contributed by atoms with Crippen molar-refractivity contribution < 1.29 is 9.53 Å². The molecule has 1 saturated carbocycles. The lowest BCUT2D eigenvalue weighted by Crippen LogP contribution is -2.36. The van der Waals surface area contributed by atoms with Crippen molar-refractivity contribution in [2.24, 2.45) is 0 Å². The molecule has 162 valence electrons. The summed E-state index contributed by atoms with van der Waals surface area (Å²) in [7, 11) is 0. The number of ether oxygens (including phenoxy) is 1. The fraction of sp³-hybridized carbons (Fsp3) is 0.280. The molecule has 2 heterocycles. The maximum Gasteiger partial charge on any atom is 0.269 e. The lowest BCUT2D eigenvalue weighted by Gasteiger charge is -2.22. The average Bonchev–Trinajstić information content (AvgIpc) is 2.81. The van der Waals surface area contributed by atoms with Crippen LogP contribution in [0.2, 0.25) is 0 Å². The Morgan fingerprint density at radius 3 is 2.69 bits per heavy atom. The van der Waals surface area contributed by atoms with Gasteiger partial charge in [-0.3, -0.25) is 14.0 Å². The summed E-state index contributed by atoms with van der Waals surface area (Å²) in [5.74, 6) is 0.104. The molecule has 0 aliphatic heterocycles. The number of pyridine rings is 1. The third-order valence-corrected chi connectivity index (χ3v) is 5.63. The van der Waals surface area contributed by atoms with E-state index in [0.717, 1.165) is 37.7 Å². The number of amides is 1. The summed E-state index contributed by atoms with van der Waals surface area (Å²) >= 11 is 0. The van der Waals surface area contributed by atoms with Gasteiger partial charge in [-0.25, -0.2) is 0 Å². The quantitative estimate of drug-likeness (QED) is 0.486. The Labute approximate surface area is 186 Å². The number of rotatable bonds is 5. The molecule has 0 spiro atoms. The van der Waals surface area contributed by atoms with E-state index in [1.807, 2.05) is 31.2 Å². The monoisotopic (exact) mass is 428 g/mol. The first kappa shape index (κ1) is 21.3. The van der Waals surface area contributed by atoms with E-state index in [0.29, 0.717) is 11.4 Å². The molecular formula is C25H24N4O3. The lowest BCUT2D eigenvalue weighted by atomic mass is 9.95. The summed E-state index contributed by atoms with van der Waals surface area (Å²) in [6.07, 6.45) is 7.93. The molecule has 32 heavy (non-hydrogen) atoms. The predicted molar refractivity (Wildman–Crippen MR) is 121 cm³/mol. The highest BCUT2D eigenvalue weighted by molar-refractivity contribution is 6.02. The van der Waals surface area contributed by atoms with Crippen molar-refractivity contribution >= 4 is 17.6 Å². The second-order valence-corrected chi connectivity index (χ2v) is 7.91. The minimum Gasteiger partial charge on any atom is -0.438 e. The molecule has 1 N–H and O–H groups in total. The number of para-hydroxylation sites is 1. The van der Waals surface area contributed by atoms with Crippen molar-refractivity contribution in [2.45, 2.75) is 45.1 Å². The van der Waals surface area contributed by atoms with Crippen LogP contribution in [0.5, 0.6) is 11.6 Å². The number of benzene rings is 1. The maximum absolute atomic E-state index is 13.2. The number of hydrogen-bond acceptors (Lipinski definition) is 5. The van der Waals surface area contributed by atoms with Crippen LogP contribution >= 0.6 is 0 Å². The Kier molecular flexibility index (Phi) is 6.31. The van der Waals surface area contributed by atoms with Crippen LogP contribution in [-0.2, 0) is 4.79 Å². The third kappa shape index (κ3) is 4.54. The summed E-state index contributed by atoms with van der Waals surface area (Å²) in [6.45, 7) is 1.89. The zero-order valence-corrected chi connectivity index (χ0v) is 17.9. The van der Waals surface area contributed by atoms with E-state index in [9.17, 15) is 14.9 Å². The van der Waals surface area contributed by atoms with Gasteiger partial charge < -0.3 is 10.1 Å². The zero-order valence-electron chi connectivity index (χ0n) is 17.9. The maximum atomic E-state index is 13.2. The van der Waals surface area contributed by atoms with Crippen molar-refractivity contribution in [1.29, 1.82) is 5.26 Å². The van der Waals surface area contributed by atoms with E-state index in [-0.39, 0.29) is 23.1 Å². The number of carbonyl (C=O) groups excluding carboxylic acids is 1. The van der Waals surface area contributed by atoms with E-state index < -0.39 is 11.5 Å². The number of hydrogen-bond donors (Lipinski definition) is 1. The molecule has 1 amide bonds. The largest absolute Gasteiger partial charge is 0.438 e. The lowest BCUT2D eigenvalue weighted by molar-refractivity contribution is -0.117. The summed E-state index contributed by atoms with van der Waals surface area (Å²) in [4.78, 5) is 30.5. The molecule has 0 atom stereocenters. The summed E-state index contributed by atoms with van der Waals surface area (Å²) < 4.78 is 7.36. The fourth-order valence-corrected chi connectivity index (χ4v) is 3.86. The van der Waals surface area contributed by atoms with E-state index >= 15 is 0 Å². The smallest absolute Gasteiger partial charge is 0.269 e. The highest BCUT2D eigenvalue weighted by Crippen LogP contribution is 2.26. The zero-order chi connectivity index (χ0) is 22.5. The van der Waals surface area contributed by atoms with Crippen LogP contribution < -0.4 is 15.6 Å². The van der Waals surface area contributed by atoms with Gasteiger partial charge in [-0.2, -0.15) is 10.2 Å². The van der Waals surface area contributed by atoms with E-state index in [1.165, 1.54) is 10.5 Å². The number of nitrogens with zero attached hydrogens (tertiary/aromatic N) is 3. The van der Waals surface area contributed by atoms with Gasteiger partial charge in [-0.05, 0) is 49.6 Å². The first-order valence-corrected chi connectivity index (χ1v) is 10.7. The van der Waals surface area contributed by atoms with Gasteiger partial charge >= 0.3 is 0 Å². The summed E-state index contributed by atoms with van der Waals surface area (Å²) in [5, 5.41) is 12.6. The van der Waals surface area contributed by atoms with Gasteiger partial charge in [0.2, 0.25) is 5.88 Å². The molecule has 0 saturated heterocycles. The van der Waals surface area contributed by atoms with E-state index in [1.54, 1.807) is 30.5 Å². The van der Waals surface area contributed by atoms with Crippen LogP contribution in [-0.4, -0.2) is 21.3 Å². The average molecular weight is 428 g/mol. The molecule has 0 radical (unpaired) electrons. The van der Waals surface area contributed by atoms with Gasteiger partial charge in [0.25, 0.3) is 11.5 Å². The highest BCUT2D eigenvalue weighted by atomic mass is 16.5. The Balaban J connectivity index is 1.77. The minimum absolute atomic E-state index is 0.0477. The SMILES string of the molecule is Cc1ccccc1Oc1nc2ccccn2c(=O)c1C=C(C#N)C(=O)NC1CCCCC1. The fourth-order valence-electron chi connectivity index (χ4n) is 3.86. The van der Waals surface area contributed by atoms with Gasteiger partial charge in [0.05, 0.1) is 0 Å². The van der Waals surface area contributed by atoms with Gasteiger partial charge in [0, 0.05) is 12.2 Å². The standard InChI is InChI=1S/C25H24N4O3/c1-17-9-5-6-12-21(17)32-24-20(25(31)29-14-8-7-13-22(29)28-24)15-18(16-26)23(30)27-19-10-3-2-4-11-19/h5-9,12-15,19H,2-4,10-11H2,1H3,(H,27,30). The van der Waals surface area contributed by atoms with Gasteiger partial charge in [-0.1, -0.05) is 43.5 Å². The van der Waals surface area contributed by atoms with Crippen LogP contribution in [0.3, 0.4) is 0 Å². The van der Waals surface area contributed by atoms with Crippen LogP contribution in [0.25, 0.3) is 11.7 Å². The molecule has 1 fully saturated rings. The molecule has 1 aliphatic carbocycles. The first-order chi connectivity index (χ1) is 15.6. The second-order valence-electron chi connectivity index (χ2n) is 7.91. The molecule has 2 aromatic heterocycles. The molecule has 3 aromatic rings. The topological polar surface area (TPSA) is 96.5 Å². The second kappa shape index (κ2) is 9.48. The molecule has 0 unspecified atom stereocenters. The number of carbonyl (C=O) groups is 1. The van der Waals surface area contributed by atoms with Crippen molar-refractivity contribution in [2.75, 3.05) is 0 Å². The molecule has 1 aliphatic rings. The Hall–Kier alpha value is -3.92. The van der Waals surface area contributed by atoms with Crippen LogP contribution in [0, 0.1) is 18.3 Å². The van der Waals surface area contributed by atoms with E-state index in [2.05, 4.69) is 10.3 Å². The molecular weight excluding hydrogens is 404 g/mol. The third-order valence-electron chi connectivity index (χ3n) is 5.63. The van der Waals surface area contributed by atoms with Gasteiger partial charge in [0.15, 0.2) is 0 Å². The van der Waals surface area contributed by atoms with Crippen LogP contribution in [0.15, 0.2) is 59.0 Å².